The number of aromatic nitrogens is 4. The summed E-state index contributed by atoms with van der Waals surface area (Å²) in [5.74, 6) is -0.276. The molecule has 0 bridgehead atoms. The van der Waals surface area contributed by atoms with Gasteiger partial charge in [0.1, 0.15) is 24.4 Å². The molecule has 294 valence electrons. The molecular formula is C32H53N6O13P. The zero-order valence-electron chi connectivity index (χ0n) is 30.9. The van der Waals surface area contributed by atoms with Crippen molar-refractivity contribution >= 4 is 7.82 Å². The van der Waals surface area contributed by atoms with E-state index in [9.17, 15) is 28.6 Å². The average molecular weight is 761 g/mol. The van der Waals surface area contributed by atoms with Gasteiger partial charge in [-0.2, -0.15) is 0 Å². The number of phosphoric acid groups is 1. The molecule has 2 aromatic rings. The Morgan fingerprint density at radius 1 is 0.827 bits per heavy atom. The van der Waals surface area contributed by atoms with Crippen LogP contribution in [0.2, 0.25) is 0 Å². The third-order valence-corrected chi connectivity index (χ3v) is 10.0. The molecule has 0 aromatic carbocycles. The number of ether oxygens (including phenoxy) is 5. The summed E-state index contributed by atoms with van der Waals surface area (Å²) in [5.41, 5.74) is -2.53. The molecule has 20 heteroatoms. The Morgan fingerprint density at radius 3 is 1.88 bits per heavy atom. The molecule has 4 heterocycles. The molecule has 0 radical (unpaired) electrons. The molecule has 2 aromatic heterocycles. The van der Waals surface area contributed by atoms with Crippen LogP contribution in [-0.4, -0.2) is 138 Å². The van der Waals surface area contributed by atoms with Crippen molar-refractivity contribution in [2.24, 2.45) is 5.92 Å². The van der Waals surface area contributed by atoms with Gasteiger partial charge in [0.25, 0.3) is 11.1 Å². The van der Waals surface area contributed by atoms with Crippen molar-refractivity contribution in [2.75, 3.05) is 61.1 Å². The number of methoxy groups -OCH3 is 2. The minimum Gasteiger partial charge on any atom is -0.376 e. The Labute approximate surface area is 301 Å². The molecule has 1 unspecified atom stereocenters. The lowest BCUT2D eigenvalue weighted by atomic mass is 9.93. The van der Waals surface area contributed by atoms with Crippen LogP contribution in [0.4, 0.5) is 0 Å². The number of aromatic amines is 2. The van der Waals surface area contributed by atoms with Crippen molar-refractivity contribution in [2.45, 2.75) is 89.3 Å². The largest absolute Gasteiger partial charge is 0.472 e. The van der Waals surface area contributed by atoms with Crippen LogP contribution < -0.4 is 22.5 Å². The van der Waals surface area contributed by atoms with Crippen LogP contribution in [0.1, 0.15) is 46.6 Å². The van der Waals surface area contributed by atoms with E-state index in [2.05, 4.69) is 14.9 Å². The molecule has 2 saturated heterocycles. The van der Waals surface area contributed by atoms with Gasteiger partial charge in [0.2, 0.25) is 0 Å². The zero-order chi connectivity index (χ0) is 38.3. The highest BCUT2D eigenvalue weighted by atomic mass is 31.2. The predicted molar refractivity (Wildman–Crippen MR) is 187 cm³/mol. The van der Waals surface area contributed by atoms with E-state index in [0.29, 0.717) is 26.1 Å². The van der Waals surface area contributed by atoms with E-state index in [1.807, 2.05) is 32.8 Å². The second kappa shape index (κ2) is 18.5. The summed E-state index contributed by atoms with van der Waals surface area (Å²) in [7, 11) is 2.11. The van der Waals surface area contributed by atoms with Crippen molar-refractivity contribution < 1.29 is 42.2 Å². The van der Waals surface area contributed by atoms with E-state index < -0.39 is 79.4 Å². The second-order valence-electron chi connectivity index (χ2n) is 13.7. The SMILES string of the molecule is CO[C@@H]1[C@H](CCN(CCN(C)C)C[C@H]2O[C@@H](n3ccc(=O)[nH]c3=O)[C@H](OC)[C@@H]2OP(=O)(O)OC(C)C)[C@@H](COC(C)C)O[C@H]1n1ccc(=O)[nH]c1=O. The van der Waals surface area contributed by atoms with Gasteiger partial charge in [0.15, 0.2) is 12.5 Å². The summed E-state index contributed by atoms with van der Waals surface area (Å²) in [6, 6.07) is 2.40. The first-order valence-corrected chi connectivity index (χ1v) is 18.7. The van der Waals surface area contributed by atoms with Crippen molar-refractivity contribution in [3.63, 3.8) is 0 Å². The van der Waals surface area contributed by atoms with Gasteiger partial charge in [0, 0.05) is 64.3 Å². The number of nitrogens with zero attached hydrogens (tertiary/aromatic N) is 4. The van der Waals surface area contributed by atoms with Crippen molar-refractivity contribution in [1.82, 2.24) is 28.9 Å². The van der Waals surface area contributed by atoms with Gasteiger partial charge in [-0.3, -0.25) is 42.6 Å². The van der Waals surface area contributed by atoms with Crippen molar-refractivity contribution in [1.29, 1.82) is 0 Å². The molecule has 3 N–H and O–H groups in total. The Kier molecular flexibility index (Phi) is 14.9. The van der Waals surface area contributed by atoms with Crippen molar-refractivity contribution in [3.8, 4) is 0 Å². The topological polar surface area (TPSA) is 218 Å². The van der Waals surface area contributed by atoms with Gasteiger partial charge >= 0.3 is 19.2 Å². The third-order valence-electron chi connectivity index (χ3n) is 8.85. The van der Waals surface area contributed by atoms with Crippen LogP contribution in [0, 0.1) is 5.92 Å². The van der Waals surface area contributed by atoms with E-state index in [1.165, 1.54) is 37.2 Å². The fourth-order valence-electron chi connectivity index (χ4n) is 6.48. The number of hydrogen-bond donors (Lipinski definition) is 3. The molecule has 19 nitrogen and oxygen atoms in total. The van der Waals surface area contributed by atoms with E-state index >= 15 is 0 Å². The molecule has 0 aliphatic carbocycles. The Hall–Kier alpha value is -2.81. The lowest BCUT2D eigenvalue weighted by Gasteiger charge is -2.32. The molecule has 0 amide bonds. The monoisotopic (exact) mass is 760 g/mol. The van der Waals surface area contributed by atoms with Crippen LogP contribution in [0.5, 0.6) is 0 Å². The summed E-state index contributed by atoms with van der Waals surface area (Å²) in [6.45, 7) is 8.99. The lowest BCUT2D eigenvalue weighted by Crippen LogP contribution is -2.45. The lowest BCUT2D eigenvalue weighted by molar-refractivity contribution is -0.0784. The Balaban J connectivity index is 1.65. The maximum atomic E-state index is 13.1. The van der Waals surface area contributed by atoms with Gasteiger partial charge in [-0.25, -0.2) is 14.2 Å². The van der Waals surface area contributed by atoms with E-state index in [-0.39, 0.29) is 25.2 Å². The fourth-order valence-corrected chi connectivity index (χ4v) is 7.62. The minimum absolute atomic E-state index is 0.0908. The number of rotatable bonds is 19. The number of likely N-dealkylation sites (N-methyl/N-ethyl adjacent to an activating group) is 1. The third kappa shape index (κ3) is 10.9. The minimum atomic E-state index is -4.64. The van der Waals surface area contributed by atoms with Gasteiger partial charge in [-0.05, 0) is 54.8 Å². The summed E-state index contributed by atoms with van der Waals surface area (Å²) in [5, 5.41) is 0. The quantitative estimate of drug-likeness (QED) is 0.162. The van der Waals surface area contributed by atoms with Crippen LogP contribution in [0.3, 0.4) is 0 Å². The molecule has 9 atom stereocenters. The molecule has 2 fully saturated rings. The molecule has 52 heavy (non-hydrogen) atoms. The number of phosphoric ester groups is 1. The smallest absolute Gasteiger partial charge is 0.376 e. The highest BCUT2D eigenvalue weighted by Gasteiger charge is 2.51. The second-order valence-corrected chi connectivity index (χ2v) is 15.1. The first kappa shape index (κ1) is 41.9. The maximum Gasteiger partial charge on any atom is 0.472 e. The first-order valence-electron chi connectivity index (χ1n) is 17.2. The summed E-state index contributed by atoms with van der Waals surface area (Å²) < 4.78 is 56.9. The normalized spacial score (nSPS) is 27.7. The van der Waals surface area contributed by atoms with Gasteiger partial charge < -0.3 is 33.5 Å². The number of nitrogens with one attached hydrogen (secondary N) is 2. The number of H-pyrrole nitrogens is 2. The summed E-state index contributed by atoms with van der Waals surface area (Å²) >= 11 is 0. The highest BCUT2D eigenvalue weighted by molar-refractivity contribution is 7.47. The zero-order valence-corrected chi connectivity index (χ0v) is 31.8. The standard InChI is InChI=1S/C32H53N6O13P/c1-19(2)47-18-23-21(26(45-7)29(49-23)37-13-10-24(39)33-31(37)41)9-12-36(16-15-35(5)6)17-22-27(51-52(43,44)50-20(3)4)28(46-8)30(48-22)38-14-11-25(40)34-32(38)42/h10-11,13-14,19-23,26-30H,9,12,15-18H2,1-8H3,(H,43,44)(H,33,39,41)(H,34,40,42)/t21-,22-,23-,26-,27-,28-,29-,30-/m1/s1. The van der Waals surface area contributed by atoms with Gasteiger partial charge in [-0.15, -0.1) is 0 Å². The predicted octanol–water partition coefficient (Wildman–Crippen LogP) is 0.117. The summed E-state index contributed by atoms with van der Waals surface area (Å²) in [4.78, 5) is 68.5. The van der Waals surface area contributed by atoms with Gasteiger partial charge in [0.05, 0.1) is 24.9 Å². The van der Waals surface area contributed by atoms with E-state index in [4.69, 9.17) is 32.7 Å². The van der Waals surface area contributed by atoms with E-state index in [1.54, 1.807) is 13.8 Å². The maximum absolute atomic E-state index is 13.1. The molecule has 0 spiro atoms. The Bertz CT molecular complexity index is 1730. The highest BCUT2D eigenvalue weighted by Crippen LogP contribution is 2.50. The molecule has 2 aliphatic heterocycles. The van der Waals surface area contributed by atoms with Crippen LogP contribution in [-0.2, 0) is 37.3 Å². The van der Waals surface area contributed by atoms with Crippen LogP contribution in [0.15, 0.2) is 43.7 Å². The fraction of sp³-hybridized carbons (Fsp3) is 0.750. The summed E-state index contributed by atoms with van der Waals surface area (Å²) in [6.07, 6.45) is -3.81. The molecule has 4 rings (SSSR count). The van der Waals surface area contributed by atoms with E-state index in [0.717, 1.165) is 10.6 Å². The molecular weight excluding hydrogens is 707 g/mol. The number of hydrogen-bond acceptors (Lipinski definition) is 14. The average Bonchev–Trinajstić information content (AvgIpc) is 3.56. The van der Waals surface area contributed by atoms with Crippen LogP contribution >= 0.6 is 7.82 Å². The van der Waals surface area contributed by atoms with Crippen molar-refractivity contribution in [3.05, 3.63) is 66.2 Å². The first-order chi connectivity index (χ1) is 24.5. The molecule has 0 saturated carbocycles. The molecule has 2 aliphatic rings. The van der Waals surface area contributed by atoms with Gasteiger partial charge in [-0.1, -0.05) is 0 Å². The van der Waals surface area contributed by atoms with Crippen LogP contribution in [0.25, 0.3) is 0 Å². The Morgan fingerprint density at radius 2 is 1.38 bits per heavy atom.